The molecule has 4 heterocycles. The van der Waals surface area contributed by atoms with Crippen LogP contribution in [0.5, 0.6) is 0 Å². The van der Waals surface area contributed by atoms with Crippen LogP contribution in [0.15, 0.2) is 115 Å². The van der Waals surface area contributed by atoms with Crippen LogP contribution in [-0.2, 0) is 12.8 Å². The van der Waals surface area contributed by atoms with E-state index in [1.54, 1.807) is 11.3 Å². The third-order valence-corrected chi connectivity index (χ3v) is 9.84. The molecule has 0 bridgehead atoms. The molecule has 6 heteroatoms. The Kier molecular flexibility index (Phi) is 6.42. The van der Waals surface area contributed by atoms with E-state index in [4.69, 9.17) is 21.7 Å². The molecular weight excluding hydrogens is 556 g/mol. The van der Waals surface area contributed by atoms with Gasteiger partial charge < -0.3 is 4.57 Å². The summed E-state index contributed by atoms with van der Waals surface area (Å²) in [5.74, 6) is 0. The number of aromatic nitrogens is 2. The number of thiophene rings is 1. The molecule has 1 atom stereocenters. The number of hydrazone groups is 1. The summed E-state index contributed by atoms with van der Waals surface area (Å²) in [7, 11) is 0. The van der Waals surface area contributed by atoms with E-state index in [1.165, 1.54) is 56.7 Å². The maximum atomic E-state index is 6.36. The average Bonchev–Trinajstić information content (AvgIpc) is 3.80. The van der Waals surface area contributed by atoms with Crippen LogP contribution in [-0.4, -0.2) is 15.3 Å². The van der Waals surface area contributed by atoms with E-state index >= 15 is 0 Å². The SMILES string of the molecule is Clc1ccc(-c2c3c(nc4sc(C5=NN(c6ccccc6)C(c6ccccc6)C5)c(-n5cccc5)c24)CCCC3)cc1. The average molecular weight is 585 g/mol. The van der Waals surface area contributed by atoms with Gasteiger partial charge in [-0.3, -0.25) is 5.01 Å². The van der Waals surface area contributed by atoms with Crippen molar-refractivity contribution in [3.8, 4) is 16.8 Å². The largest absolute Gasteiger partial charge is 0.322 e. The molecule has 206 valence electrons. The summed E-state index contributed by atoms with van der Waals surface area (Å²) in [5.41, 5.74) is 9.76. The van der Waals surface area contributed by atoms with Crippen molar-refractivity contribution in [2.24, 2.45) is 5.10 Å². The van der Waals surface area contributed by atoms with Crippen molar-refractivity contribution in [2.75, 3.05) is 5.01 Å². The summed E-state index contributed by atoms with van der Waals surface area (Å²) >= 11 is 8.14. The van der Waals surface area contributed by atoms with E-state index in [2.05, 4.69) is 107 Å². The third-order valence-electron chi connectivity index (χ3n) is 8.46. The van der Waals surface area contributed by atoms with E-state index < -0.39 is 0 Å². The van der Waals surface area contributed by atoms with Crippen LogP contribution in [0.3, 0.4) is 0 Å². The van der Waals surface area contributed by atoms with Gasteiger partial charge >= 0.3 is 0 Å². The molecule has 2 aliphatic rings. The second-order valence-electron chi connectivity index (χ2n) is 11.0. The lowest BCUT2D eigenvalue weighted by atomic mass is 9.87. The fourth-order valence-corrected chi connectivity index (χ4v) is 7.85. The Morgan fingerprint density at radius 2 is 1.50 bits per heavy atom. The molecular formula is C36H29ClN4S. The minimum atomic E-state index is 0.114. The Hall–Kier alpha value is -4.19. The van der Waals surface area contributed by atoms with Crippen molar-refractivity contribution >= 4 is 44.6 Å². The van der Waals surface area contributed by atoms with E-state index in [9.17, 15) is 0 Å². The molecule has 0 radical (unpaired) electrons. The summed E-state index contributed by atoms with van der Waals surface area (Å²) in [6.45, 7) is 0. The first-order valence-electron chi connectivity index (χ1n) is 14.6. The quantitative estimate of drug-likeness (QED) is 0.202. The van der Waals surface area contributed by atoms with Gasteiger partial charge in [0.2, 0.25) is 0 Å². The molecule has 0 spiro atoms. The van der Waals surface area contributed by atoms with Crippen molar-refractivity contribution < 1.29 is 0 Å². The highest BCUT2D eigenvalue weighted by molar-refractivity contribution is 7.21. The van der Waals surface area contributed by atoms with Gasteiger partial charge in [-0.1, -0.05) is 72.3 Å². The normalized spacial score (nSPS) is 16.5. The number of hydrogen-bond donors (Lipinski definition) is 0. The minimum absolute atomic E-state index is 0.114. The first-order chi connectivity index (χ1) is 20.7. The molecule has 1 aliphatic carbocycles. The van der Waals surface area contributed by atoms with Crippen molar-refractivity contribution in [2.45, 2.75) is 38.1 Å². The molecule has 42 heavy (non-hydrogen) atoms. The maximum Gasteiger partial charge on any atom is 0.127 e. The second kappa shape index (κ2) is 10.6. The summed E-state index contributed by atoms with van der Waals surface area (Å²) in [6, 6.07) is 33.9. The van der Waals surface area contributed by atoms with Crippen LogP contribution in [0.2, 0.25) is 5.02 Å². The zero-order valence-electron chi connectivity index (χ0n) is 23.1. The fraction of sp³-hybridized carbons (Fsp3) is 0.167. The van der Waals surface area contributed by atoms with Gasteiger partial charge in [0.15, 0.2) is 0 Å². The lowest BCUT2D eigenvalue weighted by Crippen LogP contribution is -2.18. The second-order valence-corrected chi connectivity index (χ2v) is 12.5. The third kappa shape index (κ3) is 4.36. The van der Waals surface area contributed by atoms with Crippen molar-refractivity contribution in [3.05, 3.63) is 136 Å². The molecule has 3 aromatic carbocycles. The van der Waals surface area contributed by atoms with Gasteiger partial charge in [0.1, 0.15) is 4.83 Å². The highest BCUT2D eigenvalue weighted by Gasteiger charge is 2.34. The number of fused-ring (bicyclic) bond motifs is 2. The highest BCUT2D eigenvalue weighted by atomic mass is 35.5. The molecule has 4 nitrogen and oxygen atoms in total. The lowest BCUT2D eigenvalue weighted by molar-refractivity contribution is 0.673. The number of para-hydroxylation sites is 1. The topological polar surface area (TPSA) is 33.4 Å². The smallest absolute Gasteiger partial charge is 0.127 e. The van der Waals surface area contributed by atoms with Crippen LogP contribution in [0.1, 0.15) is 47.0 Å². The molecule has 0 N–H and O–H groups in total. The number of rotatable bonds is 5. The predicted octanol–water partition coefficient (Wildman–Crippen LogP) is 9.64. The first-order valence-corrected chi connectivity index (χ1v) is 15.8. The molecule has 0 fully saturated rings. The summed E-state index contributed by atoms with van der Waals surface area (Å²) in [4.78, 5) is 7.61. The Morgan fingerprint density at radius 1 is 0.786 bits per heavy atom. The Morgan fingerprint density at radius 3 is 2.26 bits per heavy atom. The molecule has 0 saturated heterocycles. The number of nitrogens with zero attached hydrogens (tertiary/aromatic N) is 4. The standard InChI is InChI=1S/C36H29ClN4S/c37-26-19-17-25(18-20-26)32-28-15-7-8-16-29(28)38-36-33(32)34(40-21-9-10-22-40)35(42-36)30-23-31(24-11-3-1-4-12-24)41(39-30)27-13-5-2-6-14-27/h1-6,9-14,17-22,31H,7-8,15-16,23H2. The Labute approximate surface area is 254 Å². The Balaban J connectivity index is 1.39. The van der Waals surface area contributed by atoms with E-state index in [0.29, 0.717) is 0 Å². The van der Waals surface area contributed by atoms with E-state index in [0.717, 1.165) is 40.5 Å². The van der Waals surface area contributed by atoms with Crippen LogP contribution in [0.25, 0.3) is 27.0 Å². The maximum absolute atomic E-state index is 6.36. The zero-order valence-corrected chi connectivity index (χ0v) is 24.7. The number of anilines is 1. The van der Waals surface area contributed by atoms with Gasteiger partial charge in [-0.15, -0.1) is 11.3 Å². The van der Waals surface area contributed by atoms with Crippen molar-refractivity contribution in [3.63, 3.8) is 0 Å². The monoisotopic (exact) mass is 584 g/mol. The summed E-state index contributed by atoms with van der Waals surface area (Å²) in [5, 5.41) is 9.53. The van der Waals surface area contributed by atoms with Gasteiger partial charge in [-0.2, -0.15) is 5.10 Å². The number of pyridine rings is 1. The van der Waals surface area contributed by atoms with Gasteiger partial charge in [-0.05, 0) is 84.3 Å². The van der Waals surface area contributed by atoms with E-state index in [-0.39, 0.29) is 6.04 Å². The highest BCUT2D eigenvalue weighted by Crippen LogP contribution is 2.47. The number of aryl methyl sites for hydroxylation is 1. The first kappa shape index (κ1) is 25.5. The lowest BCUT2D eigenvalue weighted by Gasteiger charge is -2.23. The van der Waals surface area contributed by atoms with Gasteiger partial charge in [0.05, 0.1) is 28.0 Å². The van der Waals surface area contributed by atoms with Gasteiger partial charge in [0.25, 0.3) is 0 Å². The fourth-order valence-electron chi connectivity index (χ4n) is 6.53. The van der Waals surface area contributed by atoms with Crippen LogP contribution in [0.4, 0.5) is 5.69 Å². The zero-order chi connectivity index (χ0) is 28.0. The van der Waals surface area contributed by atoms with Crippen molar-refractivity contribution in [1.82, 2.24) is 9.55 Å². The van der Waals surface area contributed by atoms with Crippen molar-refractivity contribution in [1.29, 1.82) is 0 Å². The van der Waals surface area contributed by atoms with E-state index in [1.807, 2.05) is 12.1 Å². The van der Waals surface area contributed by atoms with Gasteiger partial charge in [-0.25, -0.2) is 4.98 Å². The molecule has 8 rings (SSSR count). The number of benzene rings is 3. The van der Waals surface area contributed by atoms with Crippen LogP contribution < -0.4 is 5.01 Å². The summed E-state index contributed by atoms with van der Waals surface area (Å²) in [6.07, 6.45) is 9.56. The number of hydrogen-bond acceptors (Lipinski definition) is 4. The molecule has 6 aromatic rings. The van der Waals surface area contributed by atoms with Crippen LogP contribution in [0, 0.1) is 0 Å². The van der Waals surface area contributed by atoms with Crippen LogP contribution >= 0.6 is 22.9 Å². The number of halogens is 1. The predicted molar refractivity (Wildman–Crippen MR) is 175 cm³/mol. The molecule has 1 aliphatic heterocycles. The molecule has 1 unspecified atom stereocenters. The Bertz CT molecular complexity index is 1910. The molecule has 0 amide bonds. The van der Waals surface area contributed by atoms with Gasteiger partial charge in [0, 0.05) is 34.9 Å². The molecule has 0 saturated carbocycles. The molecule has 3 aromatic heterocycles. The summed E-state index contributed by atoms with van der Waals surface area (Å²) < 4.78 is 2.26. The minimum Gasteiger partial charge on any atom is -0.322 e.